The van der Waals surface area contributed by atoms with Gasteiger partial charge in [-0.05, 0) is 25.5 Å². The first-order valence-corrected chi connectivity index (χ1v) is 8.56. The van der Waals surface area contributed by atoms with Crippen LogP contribution in [0.5, 0.6) is 0 Å². The lowest BCUT2D eigenvalue weighted by Crippen LogP contribution is -2.32. The molecule has 0 aliphatic carbocycles. The third-order valence-electron chi connectivity index (χ3n) is 3.71. The fraction of sp³-hybridized carbons (Fsp3) is 0.294. The van der Waals surface area contributed by atoms with Gasteiger partial charge in [0.1, 0.15) is 6.54 Å². The number of carbonyl (C=O) groups excluding carboxylic acids is 1. The summed E-state index contributed by atoms with van der Waals surface area (Å²) < 4.78 is 1.33. The van der Waals surface area contributed by atoms with Crippen molar-refractivity contribution in [1.82, 2.24) is 19.9 Å². The van der Waals surface area contributed by atoms with E-state index in [2.05, 4.69) is 15.3 Å². The summed E-state index contributed by atoms with van der Waals surface area (Å²) in [6.07, 6.45) is 2.25. The minimum absolute atomic E-state index is 0.0457. The van der Waals surface area contributed by atoms with Crippen LogP contribution in [-0.2, 0) is 24.3 Å². The van der Waals surface area contributed by atoms with Crippen LogP contribution < -0.4 is 10.9 Å². The van der Waals surface area contributed by atoms with Crippen LogP contribution in [0.1, 0.15) is 22.5 Å². The van der Waals surface area contributed by atoms with Crippen LogP contribution in [0.4, 0.5) is 0 Å². The number of fused-ring (bicyclic) bond motifs is 1. The van der Waals surface area contributed by atoms with Crippen molar-refractivity contribution in [2.45, 2.75) is 33.4 Å². The molecular formula is C17H18N4O2S. The summed E-state index contributed by atoms with van der Waals surface area (Å²) in [6.45, 7) is 4.38. The summed E-state index contributed by atoms with van der Waals surface area (Å²) in [5.41, 5.74) is 1.44. The van der Waals surface area contributed by atoms with Crippen molar-refractivity contribution in [3.8, 4) is 0 Å². The Morgan fingerprint density at radius 2 is 2.12 bits per heavy atom. The van der Waals surface area contributed by atoms with E-state index >= 15 is 0 Å². The fourth-order valence-electron chi connectivity index (χ4n) is 2.53. The van der Waals surface area contributed by atoms with Gasteiger partial charge in [0.25, 0.3) is 5.56 Å². The van der Waals surface area contributed by atoms with E-state index in [1.54, 1.807) is 29.5 Å². The van der Waals surface area contributed by atoms with E-state index < -0.39 is 0 Å². The van der Waals surface area contributed by atoms with Gasteiger partial charge in [-0.1, -0.05) is 19.1 Å². The lowest BCUT2D eigenvalue weighted by Gasteiger charge is -2.08. The van der Waals surface area contributed by atoms with E-state index in [0.29, 0.717) is 17.4 Å². The molecule has 0 spiro atoms. The Labute approximate surface area is 143 Å². The minimum Gasteiger partial charge on any atom is -0.350 e. The number of amides is 1. The number of rotatable bonds is 5. The SMILES string of the molecule is CCc1nc(C)sc1CNC(=O)Cn1cnc2ccccc2c1=O. The Morgan fingerprint density at radius 3 is 2.92 bits per heavy atom. The Morgan fingerprint density at radius 1 is 1.33 bits per heavy atom. The second-order valence-electron chi connectivity index (χ2n) is 5.43. The lowest BCUT2D eigenvalue weighted by molar-refractivity contribution is -0.121. The highest BCUT2D eigenvalue weighted by Crippen LogP contribution is 2.18. The first-order chi connectivity index (χ1) is 11.6. The maximum atomic E-state index is 12.4. The molecule has 0 saturated carbocycles. The summed E-state index contributed by atoms with van der Waals surface area (Å²) in [6, 6.07) is 7.11. The van der Waals surface area contributed by atoms with Crippen molar-refractivity contribution in [1.29, 1.82) is 0 Å². The molecule has 3 rings (SSSR count). The zero-order valence-electron chi connectivity index (χ0n) is 13.6. The van der Waals surface area contributed by atoms with Gasteiger partial charge < -0.3 is 5.32 Å². The third-order valence-corrected chi connectivity index (χ3v) is 4.72. The molecule has 6 nitrogen and oxygen atoms in total. The molecule has 2 aromatic heterocycles. The quantitative estimate of drug-likeness (QED) is 0.770. The normalized spacial score (nSPS) is 10.9. The molecule has 0 unspecified atom stereocenters. The molecule has 7 heteroatoms. The molecule has 3 aromatic rings. The zero-order valence-corrected chi connectivity index (χ0v) is 14.4. The molecule has 124 valence electrons. The van der Waals surface area contributed by atoms with Gasteiger partial charge in [0.05, 0.1) is 34.5 Å². The van der Waals surface area contributed by atoms with E-state index in [9.17, 15) is 9.59 Å². The Bertz CT molecular complexity index is 945. The maximum absolute atomic E-state index is 12.4. The number of aryl methyl sites for hydroxylation is 2. The summed E-state index contributed by atoms with van der Waals surface area (Å²) >= 11 is 1.59. The van der Waals surface area contributed by atoms with Crippen LogP contribution in [0, 0.1) is 6.92 Å². The van der Waals surface area contributed by atoms with E-state index in [0.717, 1.165) is 22.0 Å². The molecule has 0 bridgehead atoms. The average Bonchev–Trinajstić information content (AvgIpc) is 2.96. The molecule has 2 heterocycles. The van der Waals surface area contributed by atoms with Crippen molar-refractivity contribution in [3.63, 3.8) is 0 Å². The van der Waals surface area contributed by atoms with Crippen LogP contribution in [0.3, 0.4) is 0 Å². The standard InChI is InChI=1S/C17H18N4O2S/c1-3-13-15(24-11(2)20-13)8-18-16(22)9-21-10-19-14-7-5-4-6-12(14)17(21)23/h4-7,10H,3,8-9H2,1-2H3,(H,18,22). The van der Waals surface area contributed by atoms with Crippen LogP contribution in [0.15, 0.2) is 35.4 Å². The first-order valence-electron chi connectivity index (χ1n) is 7.74. The first kappa shape index (κ1) is 16.3. The fourth-order valence-corrected chi connectivity index (χ4v) is 3.50. The second kappa shape index (κ2) is 6.92. The molecule has 1 aromatic carbocycles. The van der Waals surface area contributed by atoms with Crippen LogP contribution in [0.2, 0.25) is 0 Å². The number of benzene rings is 1. The van der Waals surface area contributed by atoms with Crippen molar-refractivity contribution in [2.24, 2.45) is 0 Å². The smallest absolute Gasteiger partial charge is 0.261 e. The molecule has 0 aliphatic heterocycles. The van der Waals surface area contributed by atoms with Crippen molar-refractivity contribution in [2.75, 3.05) is 0 Å². The Kier molecular flexibility index (Phi) is 4.71. The molecule has 1 N–H and O–H groups in total. The van der Waals surface area contributed by atoms with Gasteiger partial charge in [-0.2, -0.15) is 0 Å². The van der Waals surface area contributed by atoms with E-state index in [4.69, 9.17) is 0 Å². The number of thiazole rings is 1. The van der Waals surface area contributed by atoms with E-state index in [1.807, 2.05) is 19.9 Å². The van der Waals surface area contributed by atoms with Crippen LogP contribution in [-0.4, -0.2) is 20.4 Å². The highest BCUT2D eigenvalue weighted by Gasteiger charge is 2.11. The van der Waals surface area contributed by atoms with Crippen LogP contribution in [0.25, 0.3) is 10.9 Å². The van der Waals surface area contributed by atoms with Gasteiger partial charge in [-0.25, -0.2) is 9.97 Å². The van der Waals surface area contributed by atoms with E-state index in [-0.39, 0.29) is 18.0 Å². The zero-order chi connectivity index (χ0) is 17.1. The molecule has 0 aliphatic rings. The molecule has 0 fully saturated rings. The topological polar surface area (TPSA) is 76.9 Å². The Hall–Kier alpha value is -2.54. The monoisotopic (exact) mass is 342 g/mol. The summed E-state index contributed by atoms with van der Waals surface area (Å²) in [5.74, 6) is -0.220. The number of carbonyl (C=O) groups is 1. The van der Waals surface area contributed by atoms with Gasteiger partial charge in [0.15, 0.2) is 0 Å². The van der Waals surface area contributed by atoms with Gasteiger partial charge in [0, 0.05) is 4.88 Å². The van der Waals surface area contributed by atoms with Crippen molar-refractivity contribution < 1.29 is 4.79 Å². The van der Waals surface area contributed by atoms with Gasteiger partial charge in [0.2, 0.25) is 5.91 Å². The maximum Gasteiger partial charge on any atom is 0.261 e. The molecule has 1 amide bonds. The number of hydrogen-bond acceptors (Lipinski definition) is 5. The second-order valence-corrected chi connectivity index (χ2v) is 6.72. The third kappa shape index (κ3) is 3.35. The predicted molar refractivity (Wildman–Crippen MR) is 94.1 cm³/mol. The molecule has 0 radical (unpaired) electrons. The average molecular weight is 342 g/mol. The van der Waals surface area contributed by atoms with Gasteiger partial charge in [-0.3, -0.25) is 14.2 Å². The minimum atomic E-state index is -0.220. The molecule has 0 saturated heterocycles. The highest BCUT2D eigenvalue weighted by atomic mass is 32.1. The summed E-state index contributed by atoms with van der Waals surface area (Å²) in [4.78, 5) is 34.3. The molecular weight excluding hydrogens is 324 g/mol. The summed E-state index contributed by atoms with van der Waals surface area (Å²) in [5, 5.41) is 4.36. The van der Waals surface area contributed by atoms with Gasteiger partial charge in [-0.15, -0.1) is 11.3 Å². The molecule has 24 heavy (non-hydrogen) atoms. The molecule has 0 atom stereocenters. The van der Waals surface area contributed by atoms with Crippen molar-refractivity contribution >= 4 is 28.1 Å². The number of para-hydroxylation sites is 1. The number of aromatic nitrogens is 3. The van der Waals surface area contributed by atoms with E-state index in [1.165, 1.54) is 10.9 Å². The lowest BCUT2D eigenvalue weighted by atomic mass is 10.2. The highest BCUT2D eigenvalue weighted by molar-refractivity contribution is 7.11. The number of nitrogens with zero attached hydrogens (tertiary/aromatic N) is 3. The number of nitrogens with one attached hydrogen (secondary N) is 1. The predicted octanol–water partition coefficient (Wildman–Crippen LogP) is 2.04. The number of hydrogen-bond donors (Lipinski definition) is 1. The Balaban J connectivity index is 1.71. The van der Waals surface area contributed by atoms with Crippen LogP contribution >= 0.6 is 11.3 Å². The van der Waals surface area contributed by atoms with Crippen molar-refractivity contribution in [3.05, 3.63) is 56.5 Å². The van der Waals surface area contributed by atoms with Gasteiger partial charge >= 0.3 is 0 Å². The summed E-state index contributed by atoms with van der Waals surface area (Å²) in [7, 11) is 0. The largest absolute Gasteiger partial charge is 0.350 e.